The first kappa shape index (κ1) is 17.6. The van der Waals surface area contributed by atoms with Gasteiger partial charge < -0.3 is 8.94 Å². The van der Waals surface area contributed by atoms with Crippen LogP contribution in [0.15, 0.2) is 80.6 Å². The first-order chi connectivity index (χ1) is 15.1. The molecule has 0 aliphatic carbocycles. The highest BCUT2D eigenvalue weighted by Gasteiger charge is 2.45. The highest BCUT2D eigenvalue weighted by molar-refractivity contribution is 6.12. The maximum atomic E-state index is 13.8. The van der Waals surface area contributed by atoms with E-state index in [-0.39, 0.29) is 16.8 Å². The van der Waals surface area contributed by atoms with E-state index in [0.29, 0.717) is 28.2 Å². The van der Waals surface area contributed by atoms with Crippen molar-refractivity contribution in [2.75, 3.05) is 4.90 Å². The number of rotatable bonds is 2. The lowest BCUT2D eigenvalue weighted by Crippen LogP contribution is -2.30. The number of hydrogen-bond acceptors (Lipinski definition) is 6. The van der Waals surface area contributed by atoms with Crippen LogP contribution in [-0.2, 0) is 0 Å². The molecular weight excluding hydrogens is 394 g/mol. The molecule has 7 nitrogen and oxygen atoms in total. The second kappa shape index (κ2) is 6.37. The van der Waals surface area contributed by atoms with Crippen LogP contribution >= 0.6 is 0 Å². The number of benzene rings is 2. The van der Waals surface area contributed by atoms with Crippen molar-refractivity contribution >= 4 is 33.5 Å². The maximum absolute atomic E-state index is 13.8. The molecule has 6 rings (SSSR count). The zero-order valence-corrected chi connectivity index (χ0v) is 16.4. The number of hydrogen-bond donors (Lipinski definition) is 0. The minimum atomic E-state index is -0.771. The van der Waals surface area contributed by atoms with Crippen LogP contribution in [-0.4, -0.2) is 16.0 Å². The van der Waals surface area contributed by atoms with Crippen molar-refractivity contribution in [1.82, 2.24) is 10.1 Å². The number of pyridine rings is 1. The zero-order valence-electron chi connectivity index (χ0n) is 16.4. The molecule has 1 aliphatic rings. The number of carbonyl (C=O) groups is 1. The molecular formula is C24H15N3O4. The van der Waals surface area contributed by atoms with Crippen molar-refractivity contribution in [2.24, 2.45) is 0 Å². The third kappa shape index (κ3) is 2.46. The lowest BCUT2D eigenvalue weighted by molar-refractivity contribution is 0.0969. The molecule has 0 bridgehead atoms. The molecule has 0 N–H and O–H groups in total. The largest absolute Gasteiger partial charge is 0.450 e. The van der Waals surface area contributed by atoms with Crippen LogP contribution in [0, 0.1) is 6.92 Å². The summed E-state index contributed by atoms with van der Waals surface area (Å²) in [6, 6.07) is 17.5. The molecule has 5 aromatic rings. The quantitative estimate of drug-likeness (QED) is 0.402. The van der Waals surface area contributed by atoms with Crippen LogP contribution in [0.3, 0.4) is 0 Å². The molecule has 31 heavy (non-hydrogen) atoms. The van der Waals surface area contributed by atoms with Gasteiger partial charge in [0.15, 0.2) is 11.2 Å². The Kier molecular flexibility index (Phi) is 3.61. The SMILES string of the molecule is Cc1cc(N2C(=O)c3oc4ccc5ccccc5c4c(=O)c3C2c2ccccn2)no1. The van der Waals surface area contributed by atoms with E-state index in [2.05, 4.69) is 10.1 Å². The molecule has 0 saturated heterocycles. The van der Waals surface area contributed by atoms with E-state index in [4.69, 9.17) is 8.94 Å². The van der Waals surface area contributed by atoms with Crippen LogP contribution in [0.5, 0.6) is 0 Å². The smallest absolute Gasteiger partial charge is 0.296 e. The standard InChI is InChI=1S/C24H15N3O4/c1-13-12-18(26-31-13)27-21(16-8-4-5-11-25-16)20-22(28)19-15-7-3-2-6-14(15)9-10-17(19)30-23(20)24(27)29/h2-12,21H,1H3. The number of aryl methyl sites for hydroxylation is 1. The second-order valence-electron chi connectivity index (χ2n) is 7.46. The summed E-state index contributed by atoms with van der Waals surface area (Å²) in [4.78, 5) is 33.1. The van der Waals surface area contributed by atoms with E-state index in [1.165, 1.54) is 4.90 Å². The van der Waals surface area contributed by atoms with Crippen LogP contribution in [0.25, 0.3) is 21.7 Å². The minimum absolute atomic E-state index is 0.00378. The summed E-state index contributed by atoms with van der Waals surface area (Å²) in [6.07, 6.45) is 1.63. The van der Waals surface area contributed by atoms with Gasteiger partial charge in [-0.2, -0.15) is 0 Å². The number of fused-ring (bicyclic) bond motifs is 4. The maximum Gasteiger partial charge on any atom is 0.296 e. The van der Waals surface area contributed by atoms with E-state index in [0.717, 1.165) is 10.8 Å². The lowest BCUT2D eigenvalue weighted by atomic mass is 9.99. The summed E-state index contributed by atoms with van der Waals surface area (Å²) in [5.74, 6) is 0.405. The van der Waals surface area contributed by atoms with Crippen molar-refractivity contribution in [1.29, 1.82) is 0 Å². The van der Waals surface area contributed by atoms with E-state index >= 15 is 0 Å². The average Bonchev–Trinajstić information content (AvgIpc) is 3.35. The number of nitrogens with zero attached hydrogens (tertiary/aromatic N) is 3. The highest BCUT2D eigenvalue weighted by atomic mass is 16.5. The Labute approximate surface area is 175 Å². The molecule has 2 aromatic carbocycles. The molecule has 1 atom stereocenters. The predicted octanol–water partition coefficient (Wildman–Crippen LogP) is 4.39. The Morgan fingerprint density at radius 2 is 1.84 bits per heavy atom. The third-order valence-corrected chi connectivity index (χ3v) is 5.59. The third-order valence-electron chi connectivity index (χ3n) is 5.59. The van der Waals surface area contributed by atoms with Gasteiger partial charge in [0, 0.05) is 12.3 Å². The summed E-state index contributed by atoms with van der Waals surface area (Å²) in [7, 11) is 0. The van der Waals surface area contributed by atoms with Crippen molar-refractivity contribution in [3.05, 3.63) is 99.9 Å². The predicted molar refractivity (Wildman–Crippen MR) is 114 cm³/mol. The fraction of sp³-hybridized carbons (Fsp3) is 0.0833. The Morgan fingerprint density at radius 3 is 2.61 bits per heavy atom. The summed E-state index contributed by atoms with van der Waals surface area (Å²) in [6.45, 7) is 1.74. The van der Waals surface area contributed by atoms with Gasteiger partial charge in [0.1, 0.15) is 17.4 Å². The van der Waals surface area contributed by atoms with Crippen molar-refractivity contribution in [2.45, 2.75) is 13.0 Å². The van der Waals surface area contributed by atoms with Crippen molar-refractivity contribution < 1.29 is 13.7 Å². The minimum Gasteiger partial charge on any atom is -0.450 e. The number of amides is 1. The Balaban J connectivity index is 1.71. The lowest BCUT2D eigenvalue weighted by Gasteiger charge is -2.21. The monoisotopic (exact) mass is 409 g/mol. The fourth-order valence-corrected chi connectivity index (χ4v) is 4.26. The summed E-state index contributed by atoms with van der Waals surface area (Å²) in [5, 5.41) is 6.16. The van der Waals surface area contributed by atoms with Gasteiger partial charge in [-0.1, -0.05) is 41.6 Å². The molecule has 150 valence electrons. The van der Waals surface area contributed by atoms with Crippen molar-refractivity contribution in [3.8, 4) is 0 Å². The Bertz CT molecular complexity index is 1550. The van der Waals surface area contributed by atoms with E-state index < -0.39 is 11.9 Å². The molecule has 0 fully saturated rings. The molecule has 1 unspecified atom stereocenters. The molecule has 0 saturated carbocycles. The van der Waals surface area contributed by atoms with Crippen LogP contribution in [0.4, 0.5) is 5.82 Å². The summed E-state index contributed by atoms with van der Waals surface area (Å²) >= 11 is 0. The van der Waals surface area contributed by atoms with E-state index in [9.17, 15) is 9.59 Å². The molecule has 1 aliphatic heterocycles. The van der Waals surface area contributed by atoms with Gasteiger partial charge in [0.25, 0.3) is 5.91 Å². The van der Waals surface area contributed by atoms with E-state index in [1.807, 2.05) is 36.4 Å². The van der Waals surface area contributed by atoms with Crippen LogP contribution < -0.4 is 10.3 Å². The molecule has 0 radical (unpaired) electrons. The van der Waals surface area contributed by atoms with Crippen LogP contribution in [0.1, 0.15) is 33.6 Å². The molecule has 4 heterocycles. The first-order valence-corrected chi connectivity index (χ1v) is 9.80. The molecule has 1 amide bonds. The highest BCUT2D eigenvalue weighted by Crippen LogP contribution is 2.40. The summed E-state index contributed by atoms with van der Waals surface area (Å²) in [5.41, 5.74) is 0.920. The topological polar surface area (TPSA) is 89.4 Å². The van der Waals surface area contributed by atoms with E-state index in [1.54, 1.807) is 37.4 Å². The molecule has 7 heteroatoms. The van der Waals surface area contributed by atoms with Gasteiger partial charge in [-0.3, -0.25) is 19.5 Å². The number of carbonyl (C=O) groups excluding carboxylic acids is 1. The zero-order chi connectivity index (χ0) is 21.1. The first-order valence-electron chi connectivity index (χ1n) is 9.80. The molecule has 3 aromatic heterocycles. The number of aromatic nitrogens is 2. The summed E-state index contributed by atoms with van der Waals surface area (Å²) < 4.78 is 11.2. The van der Waals surface area contributed by atoms with Gasteiger partial charge in [0.05, 0.1) is 16.6 Å². The van der Waals surface area contributed by atoms with Crippen LogP contribution in [0.2, 0.25) is 0 Å². The van der Waals surface area contributed by atoms with Gasteiger partial charge in [-0.05, 0) is 35.9 Å². The van der Waals surface area contributed by atoms with Gasteiger partial charge >= 0.3 is 0 Å². The normalized spacial score (nSPS) is 15.7. The van der Waals surface area contributed by atoms with Gasteiger partial charge in [0.2, 0.25) is 5.76 Å². The Morgan fingerprint density at radius 1 is 1.00 bits per heavy atom. The van der Waals surface area contributed by atoms with Gasteiger partial charge in [-0.15, -0.1) is 0 Å². The fourth-order valence-electron chi connectivity index (χ4n) is 4.26. The number of anilines is 1. The molecule has 0 spiro atoms. The second-order valence-corrected chi connectivity index (χ2v) is 7.46. The van der Waals surface area contributed by atoms with Crippen molar-refractivity contribution in [3.63, 3.8) is 0 Å². The van der Waals surface area contributed by atoms with Gasteiger partial charge in [-0.25, -0.2) is 0 Å². The average molecular weight is 409 g/mol. The Hall–Kier alpha value is -4.26.